The van der Waals surface area contributed by atoms with Crippen LogP contribution in [0.3, 0.4) is 0 Å². The topological polar surface area (TPSA) is 96.5 Å². The average molecular weight is 362 g/mol. The SMILES string of the molecule is CCOC(=O)Nc1ccc(C(=O)NNC(=O)c2ccc(Cl)cc2)cc1. The fourth-order valence-corrected chi connectivity index (χ4v) is 1.98. The van der Waals surface area contributed by atoms with E-state index in [4.69, 9.17) is 16.3 Å². The van der Waals surface area contributed by atoms with Gasteiger partial charge in [-0.2, -0.15) is 0 Å². The molecule has 0 spiro atoms. The van der Waals surface area contributed by atoms with Gasteiger partial charge >= 0.3 is 6.09 Å². The van der Waals surface area contributed by atoms with Crippen molar-refractivity contribution in [3.05, 3.63) is 64.7 Å². The number of hydrogen-bond donors (Lipinski definition) is 3. The van der Waals surface area contributed by atoms with Crippen LogP contribution < -0.4 is 16.2 Å². The molecule has 2 rings (SSSR count). The van der Waals surface area contributed by atoms with Crippen molar-refractivity contribution in [2.24, 2.45) is 0 Å². The average Bonchev–Trinajstić information content (AvgIpc) is 2.61. The second kappa shape index (κ2) is 8.70. The summed E-state index contributed by atoms with van der Waals surface area (Å²) < 4.78 is 4.75. The summed E-state index contributed by atoms with van der Waals surface area (Å²) in [4.78, 5) is 35.2. The van der Waals surface area contributed by atoms with E-state index in [1.54, 1.807) is 43.3 Å². The van der Waals surface area contributed by atoms with E-state index >= 15 is 0 Å². The Balaban J connectivity index is 1.89. The Morgan fingerprint density at radius 3 is 1.84 bits per heavy atom. The lowest BCUT2D eigenvalue weighted by Gasteiger charge is -2.09. The van der Waals surface area contributed by atoms with Crippen LogP contribution in [0, 0.1) is 0 Å². The zero-order valence-electron chi connectivity index (χ0n) is 13.3. The molecule has 8 heteroatoms. The number of benzene rings is 2. The number of rotatable bonds is 4. The fourth-order valence-electron chi connectivity index (χ4n) is 1.85. The van der Waals surface area contributed by atoms with E-state index in [0.29, 0.717) is 21.8 Å². The summed E-state index contributed by atoms with van der Waals surface area (Å²) in [7, 11) is 0. The lowest BCUT2D eigenvalue weighted by Crippen LogP contribution is -2.41. The van der Waals surface area contributed by atoms with Crippen molar-refractivity contribution in [3.8, 4) is 0 Å². The zero-order valence-corrected chi connectivity index (χ0v) is 14.1. The van der Waals surface area contributed by atoms with Gasteiger partial charge in [-0.15, -0.1) is 0 Å². The first-order valence-electron chi connectivity index (χ1n) is 7.39. The van der Waals surface area contributed by atoms with E-state index < -0.39 is 17.9 Å². The predicted molar refractivity (Wildman–Crippen MR) is 93.5 cm³/mol. The van der Waals surface area contributed by atoms with Crippen LogP contribution in [-0.2, 0) is 4.74 Å². The molecule has 0 aromatic heterocycles. The van der Waals surface area contributed by atoms with Gasteiger partial charge in [-0.25, -0.2) is 4.79 Å². The highest BCUT2D eigenvalue weighted by Crippen LogP contribution is 2.10. The molecule has 0 atom stereocenters. The first-order valence-corrected chi connectivity index (χ1v) is 7.77. The van der Waals surface area contributed by atoms with E-state index in [1.807, 2.05) is 0 Å². The Morgan fingerprint density at radius 1 is 0.880 bits per heavy atom. The number of carbonyl (C=O) groups is 3. The zero-order chi connectivity index (χ0) is 18.2. The largest absolute Gasteiger partial charge is 0.450 e. The third-order valence-electron chi connectivity index (χ3n) is 3.06. The molecule has 0 aliphatic heterocycles. The molecule has 0 unspecified atom stereocenters. The number of amides is 3. The Kier molecular flexibility index (Phi) is 6.36. The Morgan fingerprint density at radius 2 is 1.36 bits per heavy atom. The van der Waals surface area contributed by atoms with Crippen molar-refractivity contribution in [1.82, 2.24) is 10.9 Å². The van der Waals surface area contributed by atoms with Gasteiger partial charge in [-0.05, 0) is 55.5 Å². The lowest BCUT2D eigenvalue weighted by molar-refractivity contribution is 0.0846. The van der Waals surface area contributed by atoms with Gasteiger partial charge in [-0.3, -0.25) is 25.8 Å². The highest BCUT2D eigenvalue weighted by Gasteiger charge is 2.09. The van der Waals surface area contributed by atoms with E-state index in [-0.39, 0.29) is 6.61 Å². The van der Waals surface area contributed by atoms with Crippen LogP contribution in [0.5, 0.6) is 0 Å². The van der Waals surface area contributed by atoms with Crippen LogP contribution in [0.25, 0.3) is 0 Å². The lowest BCUT2D eigenvalue weighted by atomic mass is 10.2. The van der Waals surface area contributed by atoms with Crippen molar-refractivity contribution in [1.29, 1.82) is 0 Å². The van der Waals surface area contributed by atoms with Crippen LogP contribution in [0.2, 0.25) is 5.02 Å². The molecule has 0 fully saturated rings. The van der Waals surface area contributed by atoms with Gasteiger partial charge < -0.3 is 4.74 Å². The summed E-state index contributed by atoms with van der Waals surface area (Å²) in [5, 5.41) is 3.02. The molecule has 3 N–H and O–H groups in total. The van der Waals surface area contributed by atoms with Crippen LogP contribution in [0.1, 0.15) is 27.6 Å². The normalized spacial score (nSPS) is 9.84. The minimum absolute atomic E-state index is 0.264. The molecular formula is C17H16ClN3O4. The van der Waals surface area contributed by atoms with Gasteiger partial charge in [0.25, 0.3) is 11.8 Å². The molecule has 0 bridgehead atoms. The minimum atomic E-state index is -0.574. The number of hydrazine groups is 1. The fraction of sp³-hybridized carbons (Fsp3) is 0.118. The van der Waals surface area contributed by atoms with Gasteiger partial charge in [0.15, 0.2) is 0 Å². The second-order valence-electron chi connectivity index (χ2n) is 4.84. The summed E-state index contributed by atoms with van der Waals surface area (Å²) in [5.74, 6) is -0.962. The second-order valence-corrected chi connectivity index (χ2v) is 5.27. The highest BCUT2D eigenvalue weighted by molar-refractivity contribution is 6.30. The van der Waals surface area contributed by atoms with Gasteiger partial charge in [0.2, 0.25) is 0 Å². The number of carbonyl (C=O) groups excluding carboxylic acids is 3. The van der Waals surface area contributed by atoms with Crippen molar-refractivity contribution in [2.75, 3.05) is 11.9 Å². The smallest absolute Gasteiger partial charge is 0.411 e. The monoisotopic (exact) mass is 361 g/mol. The first-order chi connectivity index (χ1) is 12.0. The summed E-state index contributed by atoms with van der Waals surface area (Å²) in [6.07, 6.45) is -0.574. The molecule has 25 heavy (non-hydrogen) atoms. The summed E-state index contributed by atoms with van der Waals surface area (Å²) in [6, 6.07) is 12.3. The van der Waals surface area contributed by atoms with Crippen LogP contribution in [-0.4, -0.2) is 24.5 Å². The molecule has 0 heterocycles. The minimum Gasteiger partial charge on any atom is -0.450 e. The molecule has 7 nitrogen and oxygen atoms in total. The van der Waals surface area contributed by atoms with Crippen molar-refractivity contribution < 1.29 is 19.1 Å². The maximum atomic E-state index is 12.0. The Hall–Kier alpha value is -3.06. The van der Waals surface area contributed by atoms with E-state index in [2.05, 4.69) is 16.2 Å². The molecule has 0 saturated carbocycles. The van der Waals surface area contributed by atoms with E-state index in [1.165, 1.54) is 12.1 Å². The van der Waals surface area contributed by atoms with Gasteiger partial charge in [0, 0.05) is 21.8 Å². The molecular weight excluding hydrogens is 346 g/mol. The predicted octanol–water partition coefficient (Wildman–Crippen LogP) is 2.98. The maximum absolute atomic E-state index is 12.0. The molecule has 0 aliphatic rings. The standard InChI is InChI=1S/C17H16ClN3O4/c1-2-25-17(24)19-14-9-5-12(6-10-14)16(23)21-20-15(22)11-3-7-13(18)8-4-11/h3-10H,2H2,1H3,(H,19,24)(H,20,22)(H,21,23). The van der Waals surface area contributed by atoms with Gasteiger partial charge in [-0.1, -0.05) is 11.6 Å². The summed E-state index contributed by atoms with van der Waals surface area (Å²) in [5.41, 5.74) is 5.77. The number of hydrogen-bond acceptors (Lipinski definition) is 4. The van der Waals surface area contributed by atoms with Gasteiger partial charge in [0.1, 0.15) is 0 Å². The number of anilines is 1. The summed E-state index contributed by atoms with van der Waals surface area (Å²) in [6.45, 7) is 1.96. The Bertz CT molecular complexity index is 760. The molecule has 0 aliphatic carbocycles. The van der Waals surface area contributed by atoms with Crippen molar-refractivity contribution in [3.63, 3.8) is 0 Å². The van der Waals surface area contributed by atoms with Crippen LogP contribution >= 0.6 is 11.6 Å². The quantitative estimate of drug-likeness (QED) is 0.729. The van der Waals surface area contributed by atoms with Crippen LogP contribution in [0.15, 0.2) is 48.5 Å². The highest BCUT2D eigenvalue weighted by atomic mass is 35.5. The molecule has 2 aromatic rings. The molecule has 3 amide bonds. The van der Waals surface area contributed by atoms with Gasteiger partial charge in [0.05, 0.1) is 6.61 Å². The first kappa shape index (κ1) is 18.3. The van der Waals surface area contributed by atoms with E-state index in [0.717, 1.165) is 0 Å². The third kappa shape index (κ3) is 5.50. The van der Waals surface area contributed by atoms with Crippen molar-refractivity contribution >= 4 is 35.2 Å². The number of ether oxygens (including phenoxy) is 1. The molecule has 130 valence electrons. The number of halogens is 1. The maximum Gasteiger partial charge on any atom is 0.411 e. The van der Waals surface area contributed by atoms with Crippen LogP contribution in [0.4, 0.5) is 10.5 Å². The molecule has 0 radical (unpaired) electrons. The van der Waals surface area contributed by atoms with E-state index in [9.17, 15) is 14.4 Å². The summed E-state index contributed by atoms with van der Waals surface area (Å²) >= 11 is 5.75. The number of nitrogens with one attached hydrogen (secondary N) is 3. The molecule has 2 aromatic carbocycles. The van der Waals surface area contributed by atoms with Crippen molar-refractivity contribution in [2.45, 2.75) is 6.92 Å². The Labute approximate surface area is 149 Å². The molecule has 0 saturated heterocycles. The third-order valence-corrected chi connectivity index (χ3v) is 3.32.